The third kappa shape index (κ3) is 5.94. The zero-order valence-corrected chi connectivity index (χ0v) is 23.6. The van der Waals surface area contributed by atoms with E-state index in [0.29, 0.717) is 23.2 Å². The third-order valence-corrected chi connectivity index (χ3v) is 11.3. The fraction of sp³-hybridized carbons (Fsp3) is 0.906. The van der Waals surface area contributed by atoms with Crippen molar-refractivity contribution in [1.29, 1.82) is 0 Å². The van der Waals surface area contributed by atoms with Gasteiger partial charge in [-0.1, -0.05) is 51.0 Å². The lowest BCUT2D eigenvalue weighted by Crippen LogP contribution is -2.51. The van der Waals surface area contributed by atoms with Crippen molar-refractivity contribution in [2.75, 3.05) is 12.5 Å². The summed E-state index contributed by atoms with van der Waals surface area (Å²) in [6, 6.07) is 0. The molecule has 0 aromatic heterocycles. The SMILES string of the molecule is C[C@]12CC[C@H]3[C@@H]([C@H](CCCCCCCCCCl)CC4=CC(=O)CC[C@@H]43)[C@@H]1CC[C@@H]2OC1CCCCO1. The molecule has 8 atom stereocenters. The van der Waals surface area contributed by atoms with Crippen LogP contribution in [0.3, 0.4) is 0 Å². The molecule has 204 valence electrons. The zero-order valence-electron chi connectivity index (χ0n) is 22.9. The van der Waals surface area contributed by atoms with Gasteiger partial charge in [0.25, 0.3) is 0 Å². The molecule has 0 aromatic rings. The summed E-state index contributed by atoms with van der Waals surface area (Å²) in [6.45, 7) is 3.44. The van der Waals surface area contributed by atoms with Crippen LogP contribution in [0.4, 0.5) is 0 Å². The highest BCUT2D eigenvalue weighted by Gasteiger charge is 2.59. The highest BCUT2D eigenvalue weighted by atomic mass is 35.5. The van der Waals surface area contributed by atoms with Crippen LogP contribution in [0.15, 0.2) is 11.6 Å². The second-order valence-corrected chi connectivity index (χ2v) is 13.5. The van der Waals surface area contributed by atoms with Crippen molar-refractivity contribution in [3.63, 3.8) is 0 Å². The number of unbranched alkanes of at least 4 members (excludes halogenated alkanes) is 6. The summed E-state index contributed by atoms with van der Waals surface area (Å²) in [5, 5.41) is 0. The number of hydrogen-bond acceptors (Lipinski definition) is 3. The van der Waals surface area contributed by atoms with E-state index < -0.39 is 0 Å². The molecule has 1 saturated heterocycles. The van der Waals surface area contributed by atoms with Crippen LogP contribution in [0.1, 0.15) is 122 Å². The summed E-state index contributed by atoms with van der Waals surface area (Å²) < 4.78 is 12.7. The van der Waals surface area contributed by atoms with Crippen LogP contribution in [-0.2, 0) is 14.3 Å². The van der Waals surface area contributed by atoms with Gasteiger partial charge in [-0.05, 0) is 112 Å². The van der Waals surface area contributed by atoms with Crippen molar-refractivity contribution in [2.45, 2.75) is 135 Å². The molecule has 0 N–H and O–H groups in total. The Balaban J connectivity index is 1.25. The maximum absolute atomic E-state index is 12.3. The number of carbonyl (C=O) groups excluding carboxylic acids is 1. The van der Waals surface area contributed by atoms with Gasteiger partial charge in [-0.2, -0.15) is 0 Å². The standard InChI is InChI=1S/C32H51ClO3/c1-32-18-17-27-26-14-13-25(34)22-24(26)21-23(11-7-5-3-2-4-6-9-19-33)31(27)28(32)15-16-29(32)36-30-12-8-10-20-35-30/h22-23,26-31H,2-21H2,1H3/t23-,26+,27-,28+,29+,30?,31-,32+/m1/s1. The molecule has 36 heavy (non-hydrogen) atoms. The van der Waals surface area contributed by atoms with Gasteiger partial charge in [0.1, 0.15) is 0 Å². The van der Waals surface area contributed by atoms with E-state index in [0.717, 1.165) is 55.4 Å². The van der Waals surface area contributed by atoms with Gasteiger partial charge in [-0.3, -0.25) is 4.79 Å². The first-order valence-electron chi connectivity index (χ1n) is 15.7. The van der Waals surface area contributed by atoms with E-state index in [1.165, 1.54) is 102 Å². The van der Waals surface area contributed by atoms with Crippen LogP contribution >= 0.6 is 11.6 Å². The molecular formula is C32H51ClO3. The molecule has 1 heterocycles. The summed E-state index contributed by atoms with van der Waals surface area (Å²) in [5.41, 5.74) is 1.83. The number of alkyl halides is 1. The fourth-order valence-corrected chi connectivity index (χ4v) is 9.42. The molecule has 3 nitrogen and oxygen atoms in total. The minimum atomic E-state index is 0.0301. The predicted octanol–water partition coefficient (Wildman–Crippen LogP) is 8.63. The smallest absolute Gasteiger partial charge is 0.157 e. The second kappa shape index (κ2) is 12.6. The van der Waals surface area contributed by atoms with Crippen LogP contribution in [-0.4, -0.2) is 30.7 Å². The van der Waals surface area contributed by atoms with E-state index in [9.17, 15) is 4.79 Å². The van der Waals surface area contributed by atoms with Gasteiger partial charge in [0.15, 0.2) is 12.1 Å². The number of rotatable bonds is 11. The molecule has 4 heteroatoms. The monoisotopic (exact) mass is 518 g/mol. The van der Waals surface area contributed by atoms with Gasteiger partial charge in [0.05, 0.1) is 6.10 Å². The van der Waals surface area contributed by atoms with Crippen molar-refractivity contribution in [3.05, 3.63) is 11.6 Å². The summed E-state index contributed by atoms with van der Waals surface area (Å²) >= 11 is 5.83. The summed E-state index contributed by atoms with van der Waals surface area (Å²) in [7, 11) is 0. The Bertz CT molecular complexity index is 758. The molecule has 1 aliphatic heterocycles. The maximum atomic E-state index is 12.3. The summed E-state index contributed by atoms with van der Waals surface area (Å²) in [4.78, 5) is 12.3. The number of fused-ring (bicyclic) bond motifs is 5. The minimum absolute atomic E-state index is 0.0301. The van der Waals surface area contributed by atoms with Gasteiger partial charge in [0, 0.05) is 18.9 Å². The maximum Gasteiger partial charge on any atom is 0.157 e. The number of ether oxygens (including phenoxy) is 2. The van der Waals surface area contributed by atoms with Crippen LogP contribution in [0.25, 0.3) is 0 Å². The van der Waals surface area contributed by atoms with E-state index in [1.807, 2.05) is 0 Å². The minimum Gasteiger partial charge on any atom is -0.353 e. The average molecular weight is 519 g/mol. The lowest BCUT2D eigenvalue weighted by Gasteiger charge is -2.56. The van der Waals surface area contributed by atoms with Crippen molar-refractivity contribution in [1.82, 2.24) is 0 Å². The van der Waals surface area contributed by atoms with Crippen molar-refractivity contribution < 1.29 is 14.3 Å². The third-order valence-electron chi connectivity index (χ3n) is 11.0. The van der Waals surface area contributed by atoms with Gasteiger partial charge < -0.3 is 9.47 Å². The molecule has 5 rings (SSSR count). The van der Waals surface area contributed by atoms with Crippen LogP contribution in [0.2, 0.25) is 0 Å². The summed E-state index contributed by atoms with van der Waals surface area (Å²) in [5.74, 6) is 5.03. The molecule has 5 aliphatic rings. The predicted molar refractivity (Wildman–Crippen MR) is 147 cm³/mol. The number of halogens is 1. The quantitative estimate of drug-likeness (QED) is 0.203. The molecule has 0 bridgehead atoms. The van der Waals surface area contributed by atoms with Crippen LogP contribution < -0.4 is 0 Å². The average Bonchev–Trinajstić information content (AvgIpc) is 3.21. The highest BCUT2D eigenvalue weighted by Crippen LogP contribution is 2.64. The zero-order chi connectivity index (χ0) is 25.0. The number of allylic oxidation sites excluding steroid dienone is 1. The Kier molecular flexibility index (Phi) is 9.56. The Morgan fingerprint density at radius 3 is 2.58 bits per heavy atom. The first kappa shape index (κ1) is 27.2. The molecule has 3 saturated carbocycles. The van der Waals surface area contributed by atoms with E-state index in [1.54, 1.807) is 0 Å². The molecule has 4 aliphatic carbocycles. The number of carbonyl (C=O) groups is 1. The number of hydrogen-bond donors (Lipinski definition) is 0. The molecule has 0 aromatic carbocycles. The molecular weight excluding hydrogens is 468 g/mol. The van der Waals surface area contributed by atoms with Gasteiger partial charge in [-0.25, -0.2) is 0 Å². The van der Waals surface area contributed by atoms with Crippen LogP contribution in [0, 0.1) is 35.0 Å². The Morgan fingerprint density at radius 2 is 1.81 bits per heavy atom. The topological polar surface area (TPSA) is 35.5 Å². The number of ketones is 1. The Labute approximate surface area is 225 Å². The molecule has 0 radical (unpaired) electrons. The second-order valence-electron chi connectivity index (χ2n) is 13.1. The normalized spacial score (nSPS) is 40.3. The molecule has 0 amide bonds. The van der Waals surface area contributed by atoms with Crippen molar-refractivity contribution in [2.24, 2.45) is 35.0 Å². The first-order chi connectivity index (χ1) is 17.6. The lowest BCUT2D eigenvalue weighted by molar-refractivity contribution is -0.216. The van der Waals surface area contributed by atoms with Gasteiger partial charge in [0.2, 0.25) is 0 Å². The highest BCUT2D eigenvalue weighted by molar-refractivity contribution is 6.17. The Hall–Kier alpha value is -0.380. The lowest BCUT2D eigenvalue weighted by atomic mass is 9.49. The van der Waals surface area contributed by atoms with Gasteiger partial charge >= 0.3 is 0 Å². The van der Waals surface area contributed by atoms with Gasteiger partial charge in [-0.15, -0.1) is 11.6 Å². The van der Waals surface area contributed by atoms with E-state index >= 15 is 0 Å². The summed E-state index contributed by atoms with van der Waals surface area (Å²) in [6.07, 6.45) is 24.8. The van der Waals surface area contributed by atoms with E-state index in [2.05, 4.69) is 13.0 Å². The first-order valence-corrected chi connectivity index (χ1v) is 16.2. The molecule has 0 spiro atoms. The fourth-order valence-electron chi connectivity index (χ4n) is 9.24. The molecule has 1 unspecified atom stereocenters. The Morgan fingerprint density at radius 1 is 1.00 bits per heavy atom. The van der Waals surface area contributed by atoms with Crippen molar-refractivity contribution in [3.8, 4) is 0 Å². The molecule has 4 fully saturated rings. The van der Waals surface area contributed by atoms with E-state index in [-0.39, 0.29) is 6.29 Å². The largest absolute Gasteiger partial charge is 0.353 e. The van der Waals surface area contributed by atoms with Crippen LogP contribution in [0.5, 0.6) is 0 Å². The van der Waals surface area contributed by atoms with Crippen molar-refractivity contribution >= 4 is 17.4 Å². The van der Waals surface area contributed by atoms with E-state index in [4.69, 9.17) is 21.1 Å².